The maximum atomic E-state index is 12.1. The number of nitrogens with one attached hydrogen (secondary N) is 1. The lowest BCUT2D eigenvalue weighted by atomic mass is 10.1. The zero-order valence-corrected chi connectivity index (χ0v) is 12.3. The number of hydrogen-bond donors (Lipinski definition) is 1. The fourth-order valence-electron chi connectivity index (χ4n) is 1.47. The van der Waals surface area contributed by atoms with Gasteiger partial charge in [0.15, 0.2) is 0 Å². The van der Waals surface area contributed by atoms with Crippen molar-refractivity contribution in [2.24, 2.45) is 0 Å². The Kier molecular flexibility index (Phi) is 4.42. The van der Waals surface area contributed by atoms with E-state index in [1.807, 2.05) is 6.92 Å². The third-order valence-electron chi connectivity index (χ3n) is 2.54. The van der Waals surface area contributed by atoms with Gasteiger partial charge >= 0.3 is 0 Å². The molecule has 0 fully saturated rings. The summed E-state index contributed by atoms with van der Waals surface area (Å²) in [5.41, 5.74) is 1.30. The van der Waals surface area contributed by atoms with E-state index in [9.17, 15) is 4.79 Å². The zero-order chi connectivity index (χ0) is 14.7. The number of methoxy groups -OCH3 is 1. The normalized spacial score (nSPS) is 10.2. The number of rotatable bonds is 3. The first-order valence-corrected chi connectivity index (χ1v) is 6.41. The molecule has 0 aliphatic carbocycles. The van der Waals surface area contributed by atoms with Crippen molar-refractivity contribution in [3.05, 3.63) is 45.6 Å². The van der Waals surface area contributed by atoms with Gasteiger partial charge in [-0.05, 0) is 24.6 Å². The van der Waals surface area contributed by atoms with E-state index in [-0.39, 0.29) is 22.9 Å². The summed E-state index contributed by atoms with van der Waals surface area (Å²) >= 11 is 11.8. The molecule has 0 spiro atoms. The maximum absolute atomic E-state index is 12.1. The van der Waals surface area contributed by atoms with Crippen molar-refractivity contribution in [1.29, 1.82) is 0 Å². The molecule has 0 aliphatic heterocycles. The van der Waals surface area contributed by atoms with Crippen LogP contribution in [0.15, 0.2) is 24.3 Å². The second-order valence-corrected chi connectivity index (χ2v) is 4.77. The van der Waals surface area contributed by atoms with Crippen molar-refractivity contribution in [3.63, 3.8) is 0 Å². The SMILES string of the molecule is COc1cc(Cl)nc(NC(=O)c2ccc(C)c(Cl)c2)n1. The van der Waals surface area contributed by atoms with E-state index in [2.05, 4.69) is 15.3 Å². The van der Waals surface area contributed by atoms with Crippen molar-refractivity contribution < 1.29 is 9.53 Å². The number of nitrogens with zero attached hydrogens (tertiary/aromatic N) is 2. The summed E-state index contributed by atoms with van der Waals surface area (Å²) < 4.78 is 4.95. The molecule has 1 N–H and O–H groups in total. The van der Waals surface area contributed by atoms with Gasteiger partial charge in [0.25, 0.3) is 5.91 Å². The van der Waals surface area contributed by atoms with E-state index in [1.54, 1.807) is 18.2 Å². The van der Waals surface area contributed by atoms with Gasteiger partial charge in [-0.1, -0.05) is 29.3 Å². The molecule has 0 saturated carbocycles. The van der Waals surface area contributed by atoms with Gasteiger partial charge in [0.05, 0.1) is 7.11 Å². The monoisotopic (exact) mass is 311 g/mol. The minimum absolute atomic E-state index is 0.0658. The van der Waals surface area contributed by atoms with E-state index >= 15 is 0 Å². The Morgan fingerprint density at radius 3 is 2.65 bits per heavy atom. The number of halogens is 2. The van der Waals surface area contributed by atoms with Gasteiger partial charge in [-0.15, -0.1) is 0 Å². The Hall–Kier alpha value is -1.85. The number of carbonyl (C=O) groups is 1. The topological polar surface area (TPSA) is 64.1 Å². The standard InChI is InChI=1S/C13H11Cl2N3O2/c1-7-3-4-8(5-9(7)14)12(19)18-13-16-10(15)6-11(17-13)20-2/h3-6H,1-2H3,(H,16,17,18,19). The quantitative estimate of drug-likeness (QED) is 0.883. The number of aryl methyl sites for hydroxylation is 1. The first-order chi connectivity index (χ1) is 9.49. The lowest BCUT2D eigenvalue weighted by molar-refractivity contribution is 0.102. The van der Waals surface area contributed by atoms with Gasteiger partial charge < -0.3 is 4.74 Å². The highest BCUT2D eigenvalue weighted by molar-refractivity contribution is 6.31. The van der Waals surface area contributed by atoms with Crippen LogP contribution in [-0.4, -0.2) is 23.0 Å². The zero-order valence-electron chi connectivity index (χ0n) is 10.8. The number of aromatic nitrogens is 2. The summed E-state index contributed by atoms with van der Waals surface area (Å²) in [6, 6.07) is 6.45. The molecular weight excluding hydrogens is 301 g/mol. The Morgan fingerprint density at radius 1 is 1.25 bits per heavy atom. The second-order valence-electron chi connectivity index (χ2n) is 3.97. The summed E-state index contributed by atoms with van der Waals surface area (Å²) in [5, 5.41) is 3.23. The Morgan fingerprint density at radius 2 is 2.00 bits per heavy atom. The molecule has 20 heavy (non-hydrogen) atoms. The van der Waals surface area contributed by atoms with Crippen LogP contribution in [0.3, 0.4) is 0 Å². The lowest BCUT2D eigenvalue weighted by Gasteiger charge is -2.07. The van der Waals surface area contributed by atoms with E-state index in [0.29, 0.717) is 10.6 Å². The summed E-state index contributed by atoms with van der Waals surface area (Å²) in [7, 11) is 1.45. The Labute approximate surface area is 125 Å². The largest absolute Gasteiger partial charge is 0.481 e. The number of amides is 1. The van der Waals surface area contributed by atoms with Crippen LogP contribution in [0, 0.1) is 6.92 Å². The summed E-state index contributed by atoms with van der Waals surface area (Å²) in [5.74, 6) is -0.0468. The van der Waals surface area contributed by atoms with Gasteiger partial charge in [-0.2, -0.15) is 4.98 Å². The highest BCUT2D eigenvalue weighted by Crippen LogP contribution is 2.19. The third-order valence-corrected chi connectivity index (χ3v) is 3.14. The van der Waals surface area contributed by atoms with Gasteiger partial charge in [-0.25, -0.2) is 4.98 Å². The Bertz CT molecular complexity index is 662. The van der Waals surface area contributed by atoms with Crippen LogP contribution in [0.4, 0.5) is 5.95 Å². The van der Waals surface area contributed by atoms with E-state index in [0.717, 1.165) is 5.56 Å². The first-order valence-electron chi connectivity index (χ1n) is 5.65. The Balaban J connectivity index is 2.23. The summed E-state index contributed by atoms with van der Waals surface area (Å²) in [6.07, 6.45) is 0. The molecule has 0 unspecified atom stereocenters. The van der Waals surface area contributed by atoms with Crippen LogP contribution in [0.5, 0.6) is 5.88 Å². The number of carbonyl (C=O) groups excluding carboxylic acids is 1. The first kappa shape index (κ1) is 14.6. The van der Waals surface area contributed by atoms with Crippen LogP contribution < -0.4 is 10.1 Å². The highest BCUT2D eigenvalue weighted by Gasteiger charge is 2.11. The highest BCUT2D eigenvalue weighted by atomic mass is 35.5. The number of anilines is 1. The molecule has 0 aliphatic rings. The van der Waals surface area contributed by atoms with Crippen molar-refractivity contribution in [2.75, 3.05) is 12.4 Å². The third kappa shape index (κ3) is 3.37. The molecule has 2 rings (SSSR count). The van der Waals surface area contributed by atoms with Gasteiger partial charge in [0.2, 0.25) is 11.8 Å². The second kappa shape index (κ2) is 6.07. The van der Waals surface area contributed by atoms with Crippen LogP contribution in [0.1, 0.15) is 15.9 Å². The van der Waals surface area contributed by atoms with Crippen LogP contribution in [0.2, 0.25) is 10.2 Å². The molecule has 1 aromatic heterocycles. The smallest absolute Gasteiger partial charge is 0.258 e. The van der Waals surface area contributed by atoms with Gasteiger partial charge in [0.1, 0.15) is 5.15 Å². The molecule has 1 heterocycles. The van der Waals surface area contributed by atoms with Gasteiger partial charge in [-0.3, -0.25) is 10.1 Å². The predicted octanol–water partition coefficient (Wildman–Crippen LogP) is 3.35. The van der Waals surface area contributed by atoms with Crippen molar-refractivity contribution in [2.45, 2.75) is 6.92 Å². The molecule has 1 amide bonds. The fourth-order valence-corrected chi connectivity index (χ4v) is 1.82. The van der Waals surface area contributed by atoms with E-state index in [1.165, 1.54) is 13.2 Å². The minimum atomic E-state index is -0.379. The molecule has 1 aromatic carbocycles. The predicted molar refractivity (Wildman–Crippen MR) is 77.7 cm³/mol. The van der Waals surface area contributed by atoms with Crippen LogP contribution >= 0.6 is 23.2 Å². The molecule has 7 heteroatoms. The molecular formula is C13H11Cl2N3O2. The van der Waals surface area contributed by atoms with Crippen LogP contribution in [-0.2, 0) is 0 Å². The fraction of sp³-hybridized carbons (Fsp3) is 0.154. The number of hydrogen-bond acceptors (Lipinski definition) is 4. The van der Waals surface area contributed by atoms with Crippen LogP contribution in [0.25, 0.3) is 0 Å². The summed E-state index contributed by atoms with van der Waals surface area (Å²) in [6.45, 7) is 1.86. The molecule has 0 saturated heterocycles. The number of benzene rings is 1. The lowest BCUT2D eigenvalue weighted by Crippen LogP contribution is -2.14. The van der Waals surface area contributed by atoms with Crippen molar-refractivity contribution >= 4 is 35.1 Å². The molecule has 0 radical (unpaired) electrons. The average Bonchev–Trinajstić information content (AvgIpc) is 2.41. The van der Waals surface area contributed by atoms with E-state index < -0.39 is 0 Å². The molecule has 104 valence electrons. The molecule has 5 nitrogen and oxygen atoms in total. The average molecular weight is 312 g/mol. The van der Waals surface area contributed by atoms with Gasteiger partial charge in [0, 0.05) is 16.7 Å². The molecule has 2 aromatic rings. The summed E-state index contributed by atoms with van der Waals surface area (Å²) in [4.78, 5) is 19.9. The molecule has 0 atom stereocenters. The maximum Gasteiger partial charge on any atom is 0.258 e. The minimum Gasteiger partial charge on any atom is -0.481 e. The molecule has 0 bridgehead atoms. The van der Waals surface area contributed by atoms with Crippen molar-refractivity contribution in [3.8, 4) is 5.88 Å². The van der Waals surface area contributed by atoms with Crippen molar-refractivity contribution in [1.82, 2.24) is 9.97 Å². The van der Waals surface area contributed by atoms with E-state index in [4.69, 9.17) is 27.9 Å². The number of ether oxygens (including phenoxy) is 1.